The summed E-state index contributed by atoms with van der Waals surface area (Å²) in [7, 11) is 0. The Morgan fingerprint density at radius 3 is 2.39 bits per heavy atom. The summed E-state index contributed by atoms with van der Waals surface area (Å²) in [6.45, 7) is 5.78. The molecule has 2 unspecified atom stereocenters. The molecule has 1 saturated carbocycles. The van der Waals surface area contributed by atoms with Gasteiger partial charge in [-0.05, 0) is 37.2 Å². The molecular weight excluding hydrogens is 218 g/mol. The van der Waals surface area contributed by atoms with Gasteiger partial charge in [0.2, 0.25) is 0 Å². The van der Waals surface area contributed by atoms with Crippen LogP contribution >= 0.6 is 0 Å². The SMILES string of the molecule is CC(CNC(C)C1CCCCC1)c1ccccc1. The van der Waals surface area contributed by atoms with Gasteiger partial charge in [0.1, 0.15) is 0 Å². The van der Waals surface area contributed by atoms with Crippen molar-refractivity contribution in [2.45, 2.75) is 57.9 Å². The maximum atomic E-state index is 3.75. The van der Waals surface area contributed by atoms with Crippen molar-refractivity contribution >= 4 is 0 Å². The van der Waals surface area contributed by atoms with Crippen molar-refractivity contribution < 1.29 is 0 Å². The molecule has 1 aliphatic rings. The Morgan fingerprint density at radius 1 is 1.06 bits per heavy atom. The van der Waals surface area contributed by atoms with Crippen molar-refractivity contribution in [3.63, 3.8) is 0 Å². The minimum absolute atomic E-state index is 0.609. The van der Waals surface area contributed by atoms with E-state index in [1.54, 1.807) is 0 Å². The van der Waals surface area contributed by atoms with Crippen LogP contribution in [0.3, 0.4) is 0 Å². The summed E-state index contributed by atoms with van der Waals surface area (Å²) < 4.78 is 0. The molecule has 0 radical (unpaired) electrons. The quantitative estimate of drug-likeness (QED) is 0.813. The maximum absolute atomic E-state index is 3.75. The molecule has 1 heteroatoms. The van der Waals surface area contributed by atoms with Crippen LogP contribution in [0.25, 0.3) is 0 Å². The van der Waals surface area contributed by atoms with E-state index < -0.39 is 0 Å². The summed E-state index contributed by atoms with van der Waals surface area (Å²) in [6, 6.07) is 11.5. The highest BCUT2D eigenvalue weighted by Crippen LogP contribution is 2.26. The first-order chi connectivity index (χ1) is 8.77. The van der Waals surface area contributed by atoms with Gasteiger partial charge in [-0.1, -0.05) is 56.5 Å². The number of hydrogen-bond acceptors (Lipinski definition) is 1. The number of benzene rings is 1. The third-order valence-electron chi connectivity index (χ3n) is 4.47. The van der Waals surface area contributed by atoms with Gasteiger partial charge in [-0.15, -0.1) is 0 Å². The number of hydrogen-bond donors (Lipinski definition) is 1. The van der Waals surface area contributed by atoms with Crippen LogP contribution in [0.15, 0.2) is 30.3 Å². The van der Waals surface area contributed by atoms with E-state index in [2.05, 4.69) is 49.5 Å². The first-order valence-electron chi connectivity index (χ1n) is 7.55. The molecule has 0 heterocycles. The van der Waals surface area contributed by atoms with Crippen LogP contribution in [0.1, 0.15) is 57.4 Å². The van der Waals surface area contributed by atoms with Crippen LogP contribution in [0.5, 0.6) is 0 Å². The second kappa shape index (κ2) is 6.94. The van der Waals surface area contributed by atoms with Crippen molar-refractivity contribution in [3.8, 4) is 0 Å². The largest absolute Gasteiger partial charge is 0.313 e. The van der Waals surface area contributed by atoms with E-state index >= 15 is 0 Å². The molecule has 1 nitrogen and oxygen atoms in total. The predicted molar refractivity (Wildman–Crippen MR) is 78.9 cm³/mol. The smallest absolute Gasteiger partial charge is 0.00672 e. The molecule has 0 bridgehead atoms. The van der Waals surface area contributed by atoms with E-state index in [1.165, 1.54) is 37.7 Å². The van der Waals surface area contributed by atoms with Crippen LogP contribution < -0.4 is 5.32 Å². The van der Waals surface area contributed by atoms with Crippen molar-refractivity contribution in [2.75, 3.05) is 6.54 Å². The van der Waals surface area contributed by atoms with Gasteiger partial charge < -0.3 is 5.32 Å². The van der Waals surface area contributed by atoms with E-state index in [1.807, 2.05) is 0 Å². The lowest BCUT2D eigenvalue weighted by molar-refractivity contribution is 0.279. The van der Waals surface area contributed by atoms with Gasteiger partial charge in [0.25, 0.3) is 0 Å². The highest BCUT2D eigenvalue weighted by atomic mass is 14.9. The minimum Gasteiger partial charge on any atom is -0.313 e. The van der Waals surface area contributed by atoms with Gasteiger partial charge in [0.05, 0.1) is 0 Å². The van der Waals surface area contributed by atoms with Gasteiger partial charge >= 0.3 is 0 Å². The fourth-order valence-electron chi connectivity index (χ4n) is 3.06. The van der Waals surface area contributed by atoms with Crippen molar-refractivity contribution in [1.82, 2.24) is 5.32 Å². The summed E-state index contributed by atoms with van der Waals surface area (Å²) in [5, 5.41) is 3.75. The van der Waals surface area contributed by atoms with Gasteiger partial charge in [-0.3, -0.25) is 0 Å². The van der Waals surface area contributed by atoms with E-state index in [0.29, 0.717) is 12.0 Å². The summed E-state index contributed by atoms with van der Waals surface area (Å²) in [4.78, 5) is 0. The summed E-state index contributed by atoms with van der Waals surface area (Å²) in [5.74, 6) is 1.51. The highest BCUT2D eigenvalue weighted by Gasteiger charge is 2.20. The predicted octanol–water partition coefficient (Wildman–Crippen LogP) is 4.35. The second-order valence-corrected chi connectivity index (χ2v) is 5.91. The van der Waals surface area contributed by atoms with Crippen LogP contribution in [0.2, 0.25) is 0 Å². The van der Waals surface area contributed by atoms with E-state index in [0.717, 1.165) is 12.5 Å². The van der Waals surface area contributed by atoms with Gasteiger partial charge in [0.15, 0.2) is 0 Å². The molecule has 0 spiro atoms. The van der Waals surface area contributed by atoms with Crippen molar-refractivity contribution in [2.24, 2.45) is 5.92 Å². The van der Waals surface area contributed by atoms with Crippen LogP contribution in [-0.2, 0) is 0 Å². The number of rotatable bonds is 5. The van der Waals surface area contributed by atoms with Gasteiger partial charge in [0, 0.05) is 12.6 Å². The van der Waals surface area contributed by atoms with E-state index in [-0.39, 0.29) is 0 Å². The average Bonchev–Trinajstić information content (AvgIpc) is 2.46. The Hall–Kier alpha value is -0.820. The normalized spacial score (nSPS) is 20.6. The standard InChI is InChI=1S/C17H27N/c1-14(16-9-5-3-6-10-16)13-18-15(2)17-11-7-4-8-12-17/h3,5-6,9-10,14-15,17-18H,4,7-8,11-13H2,1-2H3. The average molecular weight is 245 g/mol. The molecule has 1 fully saturated rings. The molecule has 2 rings (SSSR count). The Balaban J connectivity index is 1.76. The molecule has 18 heavy (non-hydrogen) atoms. The molecule has 0 aliphatic heterocycles. The first kappa shape index (κ1) is 13.6. The Kier molecular flexibility index (Phi) is 5.25. The van der Waals surface area contributed by atoms with E-state index in [9.17, 15) is 0 Å². The Morgan fingerprint density at radius 2 is 1.72 bits per heavy atom. The highest BCUT2D eigenvalue weighted by molar-refractivity contribution is 5.18. The second-order valence-electron chi connectivity index (χ2n) is 5.91. The van der Waals surface area contributed by atoms with Crippen LogP contribution in [0.4, 0.5) is 0 Å². The van der Waals surface area contributed by atoms with Crippen LogP contribution in [-0.4, -0.2) is 12.6 Å². The number of nitrogens with one attached hydrogen (secondary N) is 1. The monoisotopic (exact) mass is 245 g/mol. The first-order valence-corrected chi connectivity index (χ1v) is 7.55. The van der Waals surface area contributed by atoms with Crippen molar-refractivity contribution in [3.05, 3.63) is 35.9 Å². The lowest BCUT2D eigenvalue weighted by Crippen LogP contribution is -2.36. The third kappa shape index (κ3) is 3.84. The fraction of sp³-hybridized carbons (Fsp3) is 0.647. The van der Waals surface area contributed by atoms with E-state index in [4.69, 9.17) is 0 Å². The molecule has 1 aromatic carbocycles. The zero-order valence-corrected chi connectivity index (χ0v) is 11.9. The molecular formula is C17H27N. The zero-order chi connectivity index (χ0) is 12.8. The molecule has 100 valence electrons. The van der Waals surface area contributed by atoms with Gasteiger partial charge in [-0.2, -0.15) is 0 Å². The summed E-state index contributed by atoms with van der Waals surface area (Å²) >= 11 is 0. The maximum Gasteiger partial charge on any atom is 0.00672 e. The summed E-state index contributed by atoms with van der Waals surface area (Å²) in [5.41, 5.74) is 1.45. The molecule has 1 N–H and O–H groups in total. The molecule has 2 atom stereocenters. The zero-order valence-electron chi connectivity index (χ0n) is 11.9. The molecule has 1 aliphatic carbocycles. The molecule has 1 aromatic rings. The van der Waals surface area contributed by atoms with Crippen LogP contribution in [0, 0.1) is 5.92 Å². The third-order valence-corrected chi connectivity index (χ3v) is 4.47. The Bertz CT molecular complexity index is 327. The molecule has 0 amide bonds. The van der Waals surface area contributed by atoms with Crippen molar-refractivity contribution in [1.29, 1.82) is 0 Å². The molecule has 0 aromatic heterocycles. The summed E-state index contributed by atoms with van der Waals surface area (Å²) in [6.07, 6.45) is 7.17. The Labute approximate surface area is 112 Å². The topological polar surface area (TPSA) is 12.0 Å². The van der Waals surface area contributed by atoms with Gasteiger partial charge in [-0.25, -0.2) is 0 Å². The molecule has 0 saturated heterocycles. The fourth-order valence-corrected chi connectivity index (χ4v) is 3.06. The minimum atomic E-state index is 0.609. The lowest BCUT2D eigenvalue weighted by atomic mass is 9.84. The lowest BCUT2D eigenvalue weighted by Gasteiger charge is -2.29.